The smallest absolute Gasteiger partial charge is 0.237 e. The van der Waals surface area contributed by atoms with Gasteiger partial charge in [0.15, 0.2) is 0 Å². The maximum absolute atomic E-state index is 13.0. The van der Waals surface area contributed by atoms with Crippen LogP contribution in [0.2, 0.25) is 0 Å². The van der Waals surface area contributed by atoms with Crippen molar-refractivity contribution in [2.45, 2.75) is 51.2 Å². The lowest BCUT2D eigenvalue weighted by atomic mass is 9.95. The second-order valence-electron chi connectivity index (χ2n) is 9.49. The van der Waals surface area contributed by atoms with E-state index in [9.17, 15) is 9.59 Å². The number of piperidine rings is 2. The molecule has 3 aliphatic heterocycles. The van der Waals surface area contributed by atoms with Gasteiger partial charge in [-0.15, -0.1) is 0 Å². The monoisotopic (exact) mass is 442 g/mol. The van der Waals surface area contributed by atoms with Crippen LogP contribution in [0, 0.1) is 5.92 Å². The normalized spacial score (nSPS) is 24.8. The van der Waals surface area contributed by atoms with Crippen LogP contribution in [0.5, 0.6) is 0 Å². The first-order valence-electron chi connectivity index (χ1n) is 12.3. The van der Waals surface area contributed by atoms with Gasteiger partial charge in [-0.2, -0.15) is 0 Å². The van der Waals surface area contributed by atoms with Crippen molar-refractivity contribution >= 4 is 11.8 Å². The number of rotatable bonds is 6. The van der Waals surface area contributed by atoms with E-state index >= 15 is 0 Å². The Balaban J connectivity index is 1.21. The maximum Gasteiger partial charge on any atom is 0.237 e. The molecule has 3 fully saturated rings. The maximum atomic E-state index is 13.0. The van der Waals surface area contributed by atoms with E-state index in [0.717, 1.165) is 51.9 Å². The van der Waals surface area contributed by atoms with Crippen LogP contribution in [0.4, 0.5) is 0 Å². The van der Waals surface area contributed by atoms with Gasteiger partial charge in [0.25, 0.3) is 0 Å². The Morgan fingerprint density at radius 2 is 1.75 bits per heavy atom. The summed E-state index contributed by atoms with van der Waals surface area (Å²) in [5.74, 6) is 0.334. The van der Waals surface area contributed by atoms with Crippen LogP contribution in [0.15, 0.2) is 30.3 Å². The molecule has 1 aromatic rings. The molecule has 176 valence electrons. The number of ether oxygens (including phenoxy) is 1. The van der Waals surface area contributed by atoms with Crippen molar-refractivity contribution in [1.29, 1.82) is 0 Å². The number of nitrogens with one attached hydrogen (secondary N) is 1. The summed E-state index contributed by atoms with van der Waals surface area (Å²) in [5.41, 5.74) is 1.34. The van der Waals surface area contributed by atoms with E-state index in [0.29, 0.717) is 32.8 Å². The van der Waals surface area contributed by atoms with Crippen molar-refractivity contribution in [2.24, 2.45) is 5.92 Å². The zero-order valence-corrected chi connectivity index (χ0v) is 19.4. The van der Waals surface area contributed by atoms with Crippen LogP contribution in [0.1, 0.15) is 38.2 Å². The molecule has 0 aliphatic carbocycles. The molecule has 1 N–H and O–H groups in total. The minimum atomic E-state index is -0.197. The largest absolute Gasteiger partial charge is 0.378 e. The van der Waals surface area contributed by atoms with E-state index in [2.05, 4.69) is 45.4 Å². The molecule has 2 atom stereocenters. The van der Waals surface area contributed by atoms with Crippen molar-refractivity contribution in [3.05, 3.63) is 35.9 Å². The number of benzene rings is 1. The highest BCUT2D eigenvalue weighted by molar-refractivity contribution is 5.82. The average molecular weight is 443 g/mol. The second-order valence-corrected chi connectivity index (χ2v) is 9.49. The Hall–Kier alpha value is -1.96. The first-order chi connectivity index (χ1) is 15.6. The van der Waals surface area contributed by atoms with Gasteiger partial charge in [-0.05, 0) is 44.7 Å². The summed E-state index contributed by atoms with van der Waals surface area (Å²) >= 11 is 0. The third kappa shape index (κ3) is 6.09. The van der Waals surface area contributed by atoms with Gasteiger partial charge in [0, 0.05) is 45.3 Å². The molecule has 7 nitrogen and oxygen atoms in total. The molecule has 7 heteroatoms. The SMILES string of the molecule is CC(C(=O)NC1CCN(Cc2ccccc2)CC1)N1CCCC(C(=O)N2CCOCC2)C1. The predicted molar refractivity (Wildman–Crippen MR) is 124 cm³/mol. The van der Waals surface area contributed by atoms with Gasteiger partial charge in [-0.25, -0.2) is 0 Å². The summed E-state index contributed by atoms with van der Waals surface area (Å²) in [6.45, 7) is 9.18. The van der Waals surface area contributed by atoms with E-state index in [4.69, 9.17) is 4.74 Å². The molecule has 2 amide bonds. The molecule has 1 aromatic carbocycles. The minimum absolute atomic E-state index is 0.00155. The van der Waals surface area contributed by atoms with Crippen LogP contribution < -0.4 is 5.32 Å². The van der Waals surface area contributed by atoms with Crippen molar-refractivity contribution in [3.63, 3.8) is 0 Å². The van der Waals surface area contributed by atoms with Crippen molar-refractivity contribution < 1.29 is 14.3 Å². The Labute approximate surface area is 192 Å². The number of hydrogen-bond donors (Lipinski definition) is 1. The molecule has 0 bridgehead atoms. The van der Waals surface area contributed by atoms with Crippen molar-refractivity contribution in [2.75, 3.05) is 52.5 Å². The highest BCUT2D eigenvalue weighted by Gasteiger charge is 2.34. The molecule has 0 spiro atoms. The number of hydrogen-bond acceptors (Lipinski definition) is 5. The molecule has 0 radical (unpaired) electrons. The van der Waals surface area contributed by atoms with Crippen LogP contribution in [-0.2, 0) is 20.9 Å². The first-order valence-corrected chi connectivity index (χ1v) is 12.3. The third-order valence-electron chi connectivity index (χ3n) is 7.23. The van der Waals surface area contributed by atoms with Gasteiger partial charge in [0.2, 0.25) is 11.8 Å². The molecular formula is C25H38N4O3. The number of carbonyl (C=O) groups excluding carboxylic acids is 2. The quantitative estimate of drug-likeness (QED) is 0.727. The first kappa shape index (κ1) is 23.2. The third-order valence-corrected chi connectivity index (χ3v) is 7.23. The lowest BCUT2D eigenvalue weighted by Gasteiger charge is -2.39. The van der Waals surface area contributed by atoms with E-state index in [1.807, 2.05) is 11.8 Å². The topological polar surface area (TPSA) is 65.1 Å². The minimum Gasteiger partial charge on any atom is -0.378 e. The molecule has 3 saturated heterocycles. The Morgan fingerprint density at radius 3 is 2.47 bits per heavy atom. The summed E-state index contributed by atoms with van der Waals surface area (Å²) in [5, 5.41) is 3.29. The Morgan fingerprint density at radius 1 is 1.03 bits per heavy atom. The Kier molecular flexibility index (Phi) is 8.16. The summed E-state index contributed by atoms with van der Waals surface area (Å²) < 4.78 is 5.38. The standard InChI is InChI=1S/C25H38N4O3/c1-20(29-11-5-8-22(19-29)25(31)28-14-16-32-17-15-28)24(30)26-23-9-12-27(13-10-23)18-21-6-3-2-4-7-21/h2-4,6-7,20,22-23H,5,8-19H2,1H3,(H,26,30). The summed E-state index contributed by atoms with van der Waals surface area (Å²) in [6.07, 6.45) is 3.87. The van der Waals surface area contributed by atoms with Crippen molar-refractivity contribution in [3.8, 4) is 0 Å². The summed E-state index contributed by atoms with van der Waals surface area (Å²) in [7, 11) is 0. The van der Waals surface area contributed by atoms with Crippen LogP contribution >= 0.6 is 0 Å². The molecule has 4 rings (SSSR count). The van der Waals surface area contributed by atoms with Gasteiger partial charge in [0.1, 0.15) is 0 Å². The zero-order valence-electron chi connectivity index (χ0n) is 19.4. The fourth-order valence-corrected chi connectivity index (χ4v) is 5.17. The lowest BCUT2D eigenvalue weighted by Crippen LogP contribution is -2.55. The van der Waals surface area contributed by atoms with E-state index in [1.54, 1.807) is 0 Å². The van der Waals surface area contributed by atoms with E-state index < -0.39 is 0 Å². The highest BCUT2D eigenvalue weighted by atomic mass is 16.5. The van der Waals surface area contributed by atoms with Gasteiger partial charge in [-0.3, -0.25) is 19.4 Å². The molecule has 3 heterocycles. The average Bonchev–Trinajstić information content (AvgIpc) is 2.85. The Bertz CT molecular complexity index is 745. The fraction of sp³-hybridized carbons (Fsp3) is 0.680. The number of nitrogens with zero attached hydrogens (tertiary/aromatic N) is 3. The van der Waals surface area contributed by atoms with E-state index in [-0.39, 0.29) is 29.8 Å². The summed E-state index contributed by atoms with van der Waals surface area (Å²) in [6, 6.07) is 10.6. The lowest BCUT2D eigenvalue weighted by molar-refractivity contribution is -0.143. The van der Waals surface area contributed by atoms with Crippen LogP contribution in [-0.4, -0.2) is 91.1 Å². The number of amides is 2. The van der Waals surface area contributed by atoms with Gasteiger partial charge in [0.05, 0.1) is 25.2 Å². The molecule has 0 aromatic heterocycles. The number of carbonyl (C=O) groups is 2. The van der Waals surface area contributed by atoms with Crippen LogP contribution in [0.25, 0.3) is 0 Å². The molecule has 3 aliphatic rings. The second kappa shape index (κ2) is 11.3. The summed E-state index contributed by atoms with van der Waals surface area (Å²) in [4.78, 5) is 32.5. The molecule has 0 saturated carbocycles. The van der Waals surface area contributed by atoms with Gasteiger partial charge < -0.3 is 15.0 Å². The number of likely N-dealkylation sites (tertiary alicyclic amines) is 2. The predicted octanol–water partition coefficient (Wildman–Crippen LogP) is 1.73. The number of morpholine rings is 1. The van der Waals surface area contributed by atoms with Gasteiger partial charge >= 0.3 is 0 Å². The zero-order chi connectivity index (χ0) is 22.3. The van der Waals surface area contributed by atoms with Crippen LogP contribution in [0.3, 0.4) is 0 Å². The molecular weight excluding hydrogens is 404 g/mol. The van der Waals surface area contributed by atoms with E-state index in [1.165, 1.54) is 5.56 Å². The fourth-order valence-electron chi connectivity index (χ4n) is 5.17. The van der Waals surface area contributed by atoms with Gasteiger partial charge in [-0.1, -0.05) is 30.3 Å². The highest BCUT2D eigenvalue weighted by Crippen LogP contribution is 2.22. The molecule has 2 unspecified atom stereocenters. The molecule has 32 heavy (non-hydrogen) atoms. The van der Waals surface area contributed by atoms with Crippen molar-refractivity contribution in [1.82, 2.24) is 20.0 Å².